The number of hydrogen-bond acceptors (Lipinski definition) is 4. The van der Waals surface area contributed by atoms with E-state index in [1.807, 2.05) is 36.2 Å². The number of likely N-dealkylation sites (N-methyl/N-ethyl adjacent to an activating group) is 1. The minimum atomic E-state index is -0.0786. The molecule has 2 bridgehead atoms. The number of nitrogens with one attached hydrogen (secondary N) is 1. The van der Waals surface area contributed by atoms with E-state index in [9.17, 15) is 9.59 Å². The molecule has 27 heavy (non-hydrogen) atoms. The van der Waals surface area contributed by atoms with E-state index in [4.69, 9.17) is 4.98 Å². The van der Waals surface area contributed by atoms with E-state index in [1.54, 1.807) is 0 Å². The lowest BCUT2D eigenvalue weighted by atomic mass is 9.99. The quantitative estimate of drug-likeness (QED) is 0.907. The lowest BCUT2D eigenvalue weighted by Crippen LogP contribution is -2.40. The van der Waals surface area contributed by atoms with Gasteiger partial charge in [0.15, 0.2) is 0 Å². The lowest BCUT2D eigenvalue weighted by Gasteiger charge is -2.29. The molecule has 0 aliphatic carbocycles. The first-order chi connectivity index (χ1) is 13.0. The molecule has 0 spiro atoms. The molecule has 0 radical (unpaired) electrons. The van der Waals surface area contributed by atoms with Crippen LogP contribution in [0.4, 0.5) is 5.69 Å². The summed E-state index contributed by atoms with van der Waals surface area (Å²) in [6, 6.07) is 10.2. The van der Waals surface area contributed by atoms with Gasteiger partial charge in [-0.25, -0.2) is 0 Å². The minimum absolute atomic E-state index is 0.0786. The number of amides is 2. The topological polar surface area (TPSA) is 65.5 Å². The zero-order valence-electron chi connectivity index (χ0n) is 15.9. The van der Waals surface area contributed by atoms with Gasteiger partial charge in [0.25, 0.3) is 0 Å². The number of likely N-dealkylation sites (tertiary alicyclic amines) is 1. The number of carbonyl (C=O) groups is 2. The fourth-order valence-corrected chi connectivity index (χ4v) is 4.35. The Labute approximate surface area is 159 Å². The van der Waals surface area contributed by atoms with Crippen LogP contribution in [0.1, 0.15) is 31.9 Å². The first-order valence-corrected chi connectivity index (χ1v) is 9.66. The van der Waals surface area contributed by atoms with Crippen molar-refractivity contribution in [1.29, 1.82) is 0 Å². The Morgan fingerprint density at radius 2 is 2.07 bits per heavy atom. The molecule has 0 unspecified atom stereocenters. The van der Waals surface area contributed by atoms with Crippen LogP contribution in [0.2, 0.25) is 0 Å². The first kappa shape index (κ1) is 17.9. The maximum Gasteiger partial charge on any atom is 0.227 e. The van der Waals surface area contributed by atoms with Crippen LogP contribution in [0.15, 0.2) is 30.3 Å². The van der Waals surface area contributed by atoms with Crippen LogP contribution >= 0.6 is 0 Å². The van der Waals surface area contributed by atoms with Gasteiger partial charge in [-0.1, -0.05) is 12.5 Å². The molecule has 4 rings (SSSR count). The van der Waals surface area contributed by atoms with E-state index in [0.717, 1.165) is 61.2 Å². The Hall–Kier alpha value is -2.47. The number of carbonyl (C=O) groups excluding carboxylic acids is 2. The molecule has 2 saturated heterocycles. The van der Waals surface area contributed by atoms with Crippen molar-refractivity contribution in [2.45, 2.75) is 38.8 Å². The zero-order valence-corrected chi connectivity index (χ0v) is 15.9. The third-order valence-electron chi connectivity index (χ3n) is 5.73. The molecule has 2 atom stereocenters. The summed E-state index contributed by atoms with van der Waals surface area (Å²) >= 11 is 0. The smallest absolute Gasteiger partial charge is 0.227 e. The molecular formula is C21H26N4O2. The summed E-state index contributed by atoms with van der Waals surface area (Å²) in [5.74, 6) is 0.338. The van der Waals surface area contributed by atoms with E-state index in [2.05, 4.69) is 16.3 Å². The Morgan fingerprint density at radius 1 is 1.22 bits per heavy atom. The van der Waals surface area contributed by atoms with Gasteiger partial charge in [0, 0.05) is 50.7 Å². The van der Waals surface area contributed by atoms with Gasteiger partial charge < -0.3 is 10.2 Å². The summed E-state index contributed by atoms with van der Waals surface area (Å²) in [5.41, 5.74) is 2.72. The van der Waals surface area contributed by atoms with Crippen LogP contribution in [0, 0.1) is 5.92 Å². The molecule has 2 fully saturated rings. The number of pyridine rings is 1. The molecule has 2 amide bonds. The van der Waals surface area contributed by atoms with E-state index in [0.29, 0.717) is 11.9 Å². The fourth-order valence-electron chi connectivity index (χ4n) is 4.35. The molecule has 3 heterocycles. The van der Waals surface area contributed by atoms with Crippen LogP contribution in [-0.2, 0) is 16.1 Å². The second-order valence-corrected chi connectivity index (χ2v) is 7.82. The number of hydrogen-bond donors (Lipinski definition) is 1. The SMILES string of the molecule is CC(=O)Nc1ccc2nc(CN3C[C@H]4CCC[C@@H](C3)N(C)C4=O)ccc2c1. The van der Waals surface area contributed by atoms with Crippen LogP contribution < -0.4 is 5.32 Å². The van der Waals surface area contributed by atoms with Gasteiger partial charge in [-0.3, -0.25) is 19.5 Å². The monoisotopic (exact) mass is 366 g/mol. The average molecular weight is 366 g/mol. The predicted molar refractivity (Wildman–Crippen MR) is 105 cm³/mol. The fraction of sp³-hybridized carbons (Fsp3) is 0.476. The highest BCUT2D eigenvalue weighted by Gasteiger charge is 2.36. The van der Waals surface area contributed by atoms with Gasteiger partial charge >= 0.3 is 0 Å². The zero-order chi connectivity index (χ0) is 19.0. The third kappa shape index (κ3) is 3.81. The molecule has 6 nitrogen and oxygen atoms in total. The summed E-state index contributed by atoms with van der Waals surface area (Å²) in [5, 5.41) is 3.81. The summed E-state index contributed by atoms with van der Waals surface area (Å²) in [6.45, 7) is 4.00. The molecule has 0 saturated carbocycles. The van der Waals surface area contributed by atoms with Crippen molar-refractivity contribution >= 4 is 28.4 Å². The molecule has 1 aromatic carbocycles. The van der Waals surface area contributed by atoms with Gasteiger partial charge in [0.1, 0.15) is 0 Å². The highest BCUT2D eigenvalue weighted by Crippen LogP contribution is 2.28. The second kappa shape index (κ2) is 7.27. The number of aromatic nitrogens is 1. The minimum Gasteiger partial charge on any atom is -0.341 e. The van der Waals surface area contributed by atoms with Crippen molar-refractivity contribution < 1.29 is 9.59 Å². The van der Waals surface area contributed by atoms with Gasteiger partial charge in [-0.05, 0) is 37.1 Å². The van der Waals surface area contributed by atoms with E-state index in [1.165, 1.54) is 6.92 Å². The van der Waals surface area contributed by atoms with Crippen molar-refractivity contribution in [2.75, 3.05) is 25.5 Å². The summed E-state index contributed by atoms with van der Waals surface area (Å²) in [7, 11) is 1.95. The highest BCUT2D eigenvalue weighted by molar-refractivity contribution is 5.92. The Morgan fingerprint density at radius 3 is 2.89 bits per heavy atom. The molecule has 142 valence electrons. The summed E-state index contributed by atoms with van der Waals surface area (Å²) < 4.78 is 0. The Bertz CT molecular complexity index is 882. The number of anilines is 1. The van der Waals surface area contributed by atoms with E-state index >= 15 is 0 Å². The summed E-state index contributed by atoms with van der Waals surface area (Å²) in [6.07, 6.45) is 3.23. The van der Waals surface area contributed by atoms with Crippen LogP contribution in [-0.4, -0.2) is 52.8 Å². The van der Waals surface area contributed by atoms with Crippen molar-refractivity contribution in [1.82, 2.24) is 14.8 Å². The average Bonchev–Trinajstić information content (AvgIpc) is 2.80. The molecule has 6 heteroatoms. The number of rotatable bonds is 3. The van der Waals surface area contributed by atoms with Crippen molar-refractivity contribution in [3.05, 3.63) is 36.0 Å². The molecule has 1 N–H and O–H groups in total. The molecule has 2 aliphatic heterocycles. The van der Waals surface area contributed by atoms with E-state index in [-0.39, 0.29) is 11.8 Å². The first-order valence-electron chi connectivity index (χ1n) is 9.66. The van der Waals surface area contributed by atoms with Crippen LogP contribution in [0.5, 0.6) is 0 Å². The third-order valence-corrected chi connectivity index (χ3v) is 5.73. The number of fused-ring (bicyclic) bond motifs is 4. The molecule has 2 aromatic rings. The maximum atomic E-state index is 12.6. The van der Waals surface area contributed by atoms with Gasteiger partial charge in [0.2, 0.25) is 11.8 Å². The Balaban J connectivity index is 1.53. The largest absolute Gasteiger partial charge is 0.341 e. The standard InChI is InChI=1S/C21H26N4O2/c1-14(26)22-17-8-9-20-15(10-17)6-7-18(23-20)12-25-11-16-4-3-5-19(13-25)24(2)21(16)27/h6-10,16,19H,3-5,11-13H2,1-2H3,(H,22,26)/t16-,19+/m1/s1. The normalized spacial score (nSPS) is 23.3. The molecular weight excluding hydrogens is 340 g/mol. The second-order valence-electron chi connectivity index (χ2n) is 7.82. The van der Waals surface area contributed by atoms with Gasteiger partial charge in [0.05, 0.1) is 17.1 Å². The van der Waals surface area contributed by atoms with Crippen molar-refractivity contribution in [2.24, 2.45) is 5.92 Å². The van der Waals surface area contributed by atoms with Crippen LogP contribution in [0.25, 0.3) is 10.9 Å². The predicted octanol–water partition coefficient (Wildman–Crippen LogP) is 2.64. The van der Waals surface area contributed by atoms with Crippen molar-refractivity contribution in [3.8, 4) is 0 Å². The lowest BCUT2D eigenvalue weighted by molar-refractivity contribution is -0.134. The van der Waals surface area contributed by atoms with Gasteiger partial charge in [-0.2, -0.15) is 0 Å². The Kier molecular flexibility index (Phi) is 4.83. The maximum absolute atomic E-state index is 12.6. The number of benzene rings is 1. The van der Waals surface area contributed by atoms with E-state index < -0.39 is 0 Å². The summed E-state index contributed by atoms with van der Waals surface area (Å²) in [4.78, 5) is 32.9. The molecule has 1 aromatic heterocycles. The molecule has 2 aliphatic rings. The van der Waals surface area contributed by atoms with Gasteiger partial charge in [-0.15, -0.1) is 0 Å². The number of nitrogens with zero attached hydrogens (tertiary/aromatic N) is 3. The van der Waals surface area contributed by atoms with Crippen molar-refractivity contribution in [3.63, 3.8) is 0 Å². The highest BCUT2D eigenvalue weighted by atomic mass is 16.2. The van der Waals surface area contributed by atoms with Crippen LogP contribution in [0.3, 0.4) is 0 Å².